The summed E-state index contributed by atoms with van der Waals surface area (Å²) in [5.74, 6) is 0. The van der Waals surface area contributed by atoms with Crippen molar-refractivity contribution in [1.82, 2.24) is 4.31 Å². The first-order chi connectivity index (χ1) is 9.41. The van der Waals surface area contributed by atoms with E-state index in [1.165, 1.54) is 0 Å². The number of sulfonamides is 1. The molecule has 1 heterocycles. The maximum atomic E-state index is 12.6. The van der Waals surface area contributed by atoms with Crippen LogP contribution in [0.1, 0.15) is 38.7 Å². The van der Waals surface area contributed by atoms with Gasteiger partial charge in [0.05, 0.1) is 4.90 Å². The van der Waals surface area contributed by atoms with Gasteiger partial charge in [-0.1, -0.05) is 48.3 Å². The molecule has 112 valence electrons. The lowest BCUT2D eigenvalue weighted by Crippen LogP contribution is -2.41. The predicted octanol–water partition coefficient (Wildman–Crippen LogP) is 3.78. The molecule has 0 atom stereocenters. The Labute approximate surface area is 130 Å². The molecule has 0 bridgehead atoms. The van der Waals surface area contributed by atoms with Gasteiger partial charge >= 0.3 is 0 Å². The first kappa shape index (κ1) is 16.0. The highest BCUT2D eigenvalue weighted by Crippen LogP contribution is 2.35. The monoisotopic (exact) mass is 359 g/mol. The summed E-state index contributed by atoms with van der Waals surface area (Å²) in [5, 5.41) is 0.742. The summed E-state index contributed by atoms with van der Waals surface area (Å²) in [6.07, 6.45) is 3.01. The van der Waals surface area contributed by atoms with Crippen LogP contribution in [0.5, 0.6) is 0 Å². The summed E-state index contributed by atoms with van der Waals surface area (Å²) < 4.78 is 26.8. The topological polar surface area (TPSA) is 37.4 Å². The second-order valence-electron chi connectivity index (χ2n) is 5.85. The van der Waals surface area contributed by atoms with Crippen LogP contribution < -0.4 is 0 Å². The number of alkyl halides is 1. The van der Waals surface area contributed by atoms with Gasteiger partial charge in [0.15, 0.2) is 0 Å². The lowest BCUT2D eigenvalue weighted by molar-refractivity contribution is 0.169. The van der Waals surface area contributed by atoms with Crippen LogP contribution in [0.25, 0.3) is 0 Å². The maximum absolute atomic E-state index is 12.6. The van der Waals surface area contributed by atoms with E-state index in [0.717, 1.165) is 30.2 Å². The molecule has 0 unspecified atom stereocenters. The van der Waals surface area contributed by atoms with Gasteiger partial charge in [0.2, 0.25) is 10.0 Å². The highest BCUT2D eigenvalue weighted by Gasteiger charge is 2.34. The summed E-state index contributed by atoms with van der Waals surface area (Å²) in [6.45, 7) is 5.70. The van der Waals surface area contributed by atoms with Gasteiger partial charge in [-0.15, -0.1) is 0 Å². The third kappa shape index (κ3) is 3.26. The molecule has 0 aromatic heterocycles. The molecular weight excluding hydrogens is 338 g/mol. The number of benzene rings is 1. The van der Waals surface area contributed by atoms with E-state index in [9.17, 15) is 8.42 Å². The standard InChI is InChI=1S/C15H22BrNO2S/c1-3-15(2)8-10-17(11-9-15)20(18,19)14-6-4-13(12-16)5-7-14/h4-7H,3,8-12H2,1-2H3. The molecule has 1 aliphatic rings. The quantitative estimate of drug-likeness (QED) is 0.767. The average molecular weight is 360 g/mol. The van der Waals surface area contributed by atoms with E-state index in [1.807, 2.05) is 12.1 Å². The molecule has 0 spiro atoms. The van der Waals surface area contributed by atoms with Gasteiger partial charge in [-0.3, -0.25) is 0 Å². The molecular formula is C15H22BrNO2S. The number of hydrogen-bond donors (Lipinski definition) is 0. The minimum Gasteiger partial charge on any atom is -0.207 e. The van der Waals surface area contributed by atoms with Crippen molar-refractivity contribution in [2.45, 2.75) is 43.3 Å². The Balaban J connectivity index is 2.15. The molecule has 3 nitrogen and oxygen atoms in total. The zero-order valence-corrected chi connectivity index (χ0v) is 14.5. The van der Waals surface area contributed by atoms with Crippen LogP contribution in [-0.4, -0.2) is 25.8 Å². The number of rotatable bonds is 4. The smallest absolute Gasteiger partial charge is 0.207 e. The third-order valence-corrected chi connectivity index (χ3v) is 7.06. The van der Waals surface area contributed by atoms with Crippen molar-refractivity contribution in [2.24, 2.45) is 5.41 Å². The van der Waals surface area contributed by atoms with Crippen molar-refractivity contribution in [2.75, 3.05) is 13.1 Å². The van der Waals surface area contributed by atoms with E-state index in [1.54, 1.807) is 16.4 Å². The Hall–Kier alpha value is -0.390. The van der Waals surface area contributed by atoms with Gasteiger partial charge in [0, 0.05) is 18.4 Å². The normalized spacial score (nSPS) is 19.9. The van der Waals surface area contributed by atoms with E-state index in [-0.39, 0.29) is 0 Å². The predicted molar refractivity (Wildman–Crippen MR) is 85.5 cm³/mol. The summed E-state index contributed by atoms with van der Waals surface area (Å²) in [6, 6.07) is 7.14. The first-order valence-electron chi connectivity index (χ1n) is 7.06. The zero-order valence-electron chi connectivity index (χ0n) is 12.1. The van der Waals surface area contributed by atoms with Crippen LogP contribution in [0.15, 0.2) is 29.2 Å². The van der Waals surface area contributed by atoms with Crippen LogP contribution in [0.3, 0.4) is 0 Å². The average Bonchev–Trinajstić information content (AvgIpc) is 2.48. The lowest BCUT2D eigenvalue weighted by atomic mass is 9.79. The Morgan fingerprint density at radius 2 is 1.75 bits per heavy atom. The molecule has 0 amide bonds. The van der Waals surface area contributed by atoms with E-state index < -0.39 is 10.0 Å². The molecule has 20 heavy (non-hydrogen) atoms. The fourth-order valence-corrected chi connectivity index (χ4v) is 4.33. The molecule has 1 fully saturated rings. The summed E-state index contributed by atoms with van der Waals surface area (Å²) >= 11 is 3.37. The summed E-state index contributed by atoms with van der Waals surface area (Å²) in [5.41, 5.74) is 1.38. The maximum Gasteiger partial charge on any atom is 0.243 e. The Morgan fingerprint density at radius 1 is 1.20 bits per heavy atom. The van der Waals surface area contributed by atoms with Crippen molar-refractivity contribution in [1.29, 1.82) is 0 Å². The van der Waals surface area contributed by atoms with Crippen molar-refractivity contribution >= 4 is 26.0 Å². The second kappa shape index (κ2) is 6.16. The molecule has 5 heteroatoms. The Bertz CT molecular complexity index is 546. The molecule has 1 aromatic rings. The van der Waals surface area contributed by atoms with Crippen molar-refractivity contribution in [3.63, 3.8) is 0 Å². The van der Waals surface area contributed by atoms with Crippen LogP contribution in [0, 0.1) is 5.41 Å². The SMILES string of the molecule is CCC1(C)CCN(S(=O)(=O)c2ccc(CBr)cc2)CC1. The number of nitrogens with zero attached hydrogens (tertiary/aromatic N) is 1. The van der Waals surface area contributed by atoms with E-state index in [0.29, 0.717) is 23.4 Å². The van der Waals surface area contributed by atoms with Gasteiger partial charge in [0.25, 0.3) is 0 Å². The first-order valence-corrected chi connectivity index (χ1v) is 9.62. The van der Waals surface area contributed by atoms with Crippen LogP contribution >= 0.6 is 15.9 Å². The fourth-order valence-electron chi connectivity index (χ4n) is 2.52. The van der Waals surface area contributed by atoms with Crippen molar-refractivity contribution in [3.8, 4) is 0 Å². The number of piperidine rings is 1. The van der Waals surface area contributed by atoms with Crippen LogP contribution in [-0.2, 0) is 15.4 Å². The van der Waals surface area contributed by atoms with Gasteiger partial charge in [-0.25, -0.2) is 8.42 Å². The lowest BCUT2D eigenvalue weighted by Gasteiger charge is -2.38. The van der Waals surface area contributed by atoms with E-state index in [2.05, 4.69) is 29.8 Å². The number of hydrogen-bond acceptors (Lipinski definition) is 2. The molecule has 0 N–H and O–H groups in total. The van der Waals surface area contributed by atoms with Gasteiger partial charge in [0.1, 0.15) is 0 Å². The fraction of sp³-hybridized carbons (Fsp3) is 0.600. The molecule has 1 aliphatic heterocycles. The Kier molecular flexibility index (Phi) is 4.92. The minimum absolute atomic E-state index is 0.297. The largest absolute Gasteiger partial charge is 0.243 e. The van der Waals surface area contributed by atoms with Crippen molar-refractivity contribution < 1.29 is 8.42 Å². The summed E-state index contributed by atoms with van der Waals surface area (Å²) in [7, 11) is -3.33. The Morgan fingerprint density at radius 3 is 2.20 bits per heavy atom. The van der Waals surface area contributed by atoms with E-state index >= 15 is 0 Å². The second-order valence-corrected chi connectivity index (χ2v) is 8.34. The molecule has 2 rings (SSSR count). The highest BCUT2D eigenvalue weighted by atomic mass is 79.9. The zero-order chi connectivity index (χ0) is 14.8. The molecule has 0 radical (unpaired) electrons. The van der Waals surface area contributed by atoms with Gasteiger partial charge in [-0.2, -0.15) is 4.31 Å². The molecule has 1 aromatic carbocycles. The van der Waals surface area contributed by atoms with Crippen LogP contribution in [0.4, 0.5) is 0 Å². The van der Waals surface area contributed by atoms with Gasteiger partial charge in [-0.05, 0) is 36.0 Å². The van der Waals surface area contributed by atoms with Crippen LogP contribution in [0.2, 0.25) is 0 Å². The molecule has 0 saturated carbocycles. The third-order valence-electron chi connectivity index (χ3n) is 4.50. The van der Waals surface area contributed by atoms with Gasteiger partial charge < -0.3 is 0 Å². The molecule has 1 saturated heterocycles. The van der Waals surface area contributed by atoms with E-state index in [4.69, 9.17) is 0 Å². The van der Waals surface area contributed by atoms with Crippen molar-refractivity contribution in [3.05, 3.63) is 29.8 Å². The summed E-state index contributed by atoms with van der Waals surface area (Å²) in [4.78, 5) is 0.405. The molecule has 0 aliphatic carbocycles. The minimum atomic E-state index is -3.33. The number of halogens is 1. The highest BCUT2D eigenvalue weighted by molar-refractivity contribution is 9.08.